The molecule has 37 heavy (non-hydrogen) atoms. The van der Waals surface area contributed by atoms with E-state index in [4.69, 9.17) is 4.74 Å². The molecule has 3 atom stereocenters. The molecule has 2 heterocycles. The number of hydrogen-bond acceptors (Lipinski definition) is 5. The number of aromatic nitrogens is 1. The van der Waals surface area contributed by atoms with Crippen LogP contribution in [0.15, 0.2) is 42.6 Å². The number of allylic oxidation sites excluding steroid dienone is 1. The molecule has 0 saturated carbocycles. The Morgan fingerprint density at radius 2 is 2.03 bits per heavy atom. The van der Waals surface area contributed by atoms with Crippen molar-refractivity contribution >= 4 is 23.7 Å². The molecule has 0 saturated heterocycles. The Labute approximate surface area is 213 Å². The van der Waals surface area contributed by atoms with E-state index in [9.17, 15) is 27.9 Å². The zero-order valence-corrected chi connectivity index (χ0v) is 21.1. The lowest BCUT2D eigenvalue weighted by molar-refractivity contribution is -0.137. The molecule has 0 spiro atoms. The second kappa shape index (κ2) is 11.6. The summed E-state index contributed by atoms with van der Waals surface area (Å²) in [6, 6.07) is 4.86. The minimum atomic E-state index is -4.47. The predicted molar refractivity (Wildman–Crippen MR) is 133 cm³/mol. The van der Waals surface area contributed by atoms with Gasteiger partial charge in [0.25, 0.3) is 5.91 Å². The van der Waals surface area contributed by atoms with Gasteiger partial charge in [-0.05, 0) is 49.7 Å². The number of aliphatic hydroxyl groups excluding tert-OH is 1. The summed E-state index contributed by atoms with van der Waals surface area (Å²) in [7, 11) is 1.54. The number of nitrogens with one attached hydrogen (secondary N) is 1. The van der Waals surface area contributed by atoms with Gasteiger partial charge in [0.05, 0.1) is 24.8 Å². The average Bonchev–Trinajstić information content (AvgIpc) is 2.85. The molecule has 8 nitrogen and oxygen atoms in total. The molecule has 2 aromatic rings. The smallest absolute Gasteiger partial charge is 0.416 e. The van der Waals surface area contributed by atoms with Crippen LogP contribution >= 0.6 is 0 Å². The van der Waals surface area contributed by atoms with E-state index in [0.29, 0.717) is 5.56 Å². The number of halogens is 3. The van der Waals surface area contributed by atoms with Crippen molar-refractivity contribution in [2.45, 2.75) is 39.1 Å². The highest BCUT2D eigenvalue weighted by Gasteiger charge is 2.35. The van der Waals surface area contributed by atoms with Crippen molar-refractivity contribution in [3.8, 4) is 5.88 Å². The average molecular weight is 521 g/mol. The summed E-state index contributed by atoms with van der Waals surface area (Å²) in [5.41, 5.74) is 0.377. The topological polar surface area (TPSA) is 95.0 Å². The van der Waals surface area contributed by atoms with E-state index in [1.807, 2.05) is 19.9 Å². The summed E-state index contributed by atoms with van der Waals surface area (Å²) in [5.74, 6) is -0.431. The highest BCUT2D eigenvalue weighted by molar-refractivity contribution is 5.97. The molecular formula is C26H31F3N4O4. The number of aliphatic hydroxyl groups is 1. The van der Waals surface area contributed by atoms with Crippen molar-refractivity contribution in [2.75, 3.05) is 32.1 Å². The second-order valence-electron chi connectivity index (χ2n) is 9.13. The first-order valence-corrected chi connectivity index (χ1v) is 11.8. The number of rotatable bonds is 6. The Bertz CT molecular complexity index is 1140. The highest BCUT2D eigenvalue weighted by atomic mass is 19.4. The number of fused-ring (bicyclic) bond motifs is 1. The van der Waals surface area contributed by atoms with Crippen molar-refractivity contribution in [1.82, 2.24) is 14.8 Å². The number of pyridine rings is 1. The van der Waals surface area contributed by atoms with Gasteiger partial charge >= 0.3 is 12.2 Å². The normalized spacial score (nSPS) is 19.0. The minimum Gasteiger partial charge on any atom is -0.472 e. The lowest BCUT2D eigenvalue weighted by Gasteiger charge is -2.37. The number of nitrogens with zero attached hydrogens (tertiary/aromatic N) is 3. The largest absolute Gasteiger partial charge is 0.472 e. The van der Waals surface area contributed by atoms with Gasteiger partial charge in [-0.15, -0.1) is 0 Å². The predicted octanol–water partition coefficient (Wildman–Crippen LogP) is 4.52. The number of hydrogen-bond donors (Lipinski definition) is 2. The summed E-state index contributed by atoms with van der Waals surface area (Å²) < 4.78 is 44.6. The molecule has 3 amide bonds. The molecular weight excluding hydrogens is 489 g/mol. The molecule has 3 rings (SSSR count). The second-order valence-corrected chi connectivity index (χ2v) is 9.13. The standard InChI is InChI=1S/C26H31F3N4O4/c1-5-6-18-11-21-23(30-12-18)37-22(16(2)13-33(24(21)35)17(3)15-34)14-32(4)25(36)31-20-9-7-19(8-10-20)26(27,28)29/h5-12,16-17,22,34H,13-15H2,1-4H3,(H,31,36)/b6-5+/t16-,17+,22+/m1/s1. The first-order valence-electron chi connectivity index (χ1n) is 11.8. The fourth-order valence-corrected chi connectivity index (χ4v) is 3.93. The van der Waals surface area contributed by atoms with Crippen LogP contribution in [0.25, 0.3) is 6.08 Å². The number of carbonyl (C=O) groups excluding carboxylic acids is 2. The lowest BCUT2D eigenvalue weighted by atomic mass is 10.00. The van der Waals surface area contributed by atoms with Crippen LogP contribution in [0.4, 0.5) is 23.7 Å². The minimum absolute atomic E-state index is 0.112. The zero-order valence-electron chi connectivity index (χ0n) is 21.1. The molecule has 200 valence electrons. The van der Waals surface area contributed by atoms with Crippen LogP contribution in [0.5, 0.6) is 5.88 Å². The summed E-state index contributed by atoms with van der Waals surface area (Å²) in [6.07, 6.45) is 0.172. The number of likely N-dealkylation sites (N-methyl/N-ethyl adjacent to an activating group) is 1. The quantitative estimate of drug-likeness (QED) is 0.584. The fraction of sp³-hybridized carbons (Fsp3) is 0.423. The van der Waals surface area contributed by atoms with Crippen molar-refractivity contribution < 1.29 is 32.6 Å². The van der Waals surface area contributed by atoms with E-state index in [1.165, 1.54) is 24.1 Å². The summed E-state index contributed by atoms with van der Waals surface area (Å²) in [6.45, 7) is 5.62. The molecule has 2 N–H and O–H groups in total. The Morgan fingerprint density at radius 1 is 1.35 bits per heavy atom. The van der Waals surface area contributed by atoms with Gasteiger partial charge in [0.2, 0.25) is 5.88 Å². The van der Waals surface area contributed by atoms with Crippen LogP contribution in [0, 0.1) is 5.92 Å². The number of ether oxygens (including phenoxy) is 1. The van der Waals surface area contributed by atoms with Crippen LogP contribution in [0.2, 0.25) is 0 Å². The molecule has 1 aliphatic heterocycles. The van der Waals surface area contributed by atoms with Crippen molar-refractivity contribution in [3.63, 3.8) is 0 Å². The third-order valence-electron chi connectivity index (χ3n) is 6.17. The fourth-order valence-electron chi connectivity index (χ4n) is 3.93. The van der Waals surface area contributed by atoms with E-state index in [1.54, 1.807) is 30.2 Å². The highest BCUT2D eigenvalue weighted by Crippen LogP contribution is 2.30. The summed E-state index contributed by atoms with van der Waals surface area (Å²) >= 11 is 0. The van der Waals surface area contributed by atoms with Gasteiger partial charge in [-0.25, -0.2) is 9.78 Å². The third-order valence-corrected chi connectivity index (χ3v) is 6.17. The van der Waals surface area contributed by atoms with Crippen LogP contribution in [-0.4, -0.2) is 70.7 Å². The van der Waals surface area contributed by atoms with Gasteiger partial charge in [0.15, 0.2) is 0 Å². The van der Waals surface area contributed by atoms with E-state index >= 15 is 0 Å². The lowest BCUT2D eigenvalue weighted by Crippen LogP contribution is -2.50. The zero-order chi connectivity index (χ0) is 27.3. The van der Waals surface area contributed by atoms with Crippen LogP contribution in [0.3, 0.4) is 0 Å². The molecule has 1 aliphatic rings. The Kier molecular flexibility index (Phi) is 8.80. The maximum atomic E-state index is 13.3. The van der Waals surface area contributed by atoms with Crippen LogP contribution in [-0.2, 0) is 6.18 Å². The Hall–Kier alpha value is -3.60. The van der Waals surface area contributed by atoms with Gasteiger partial charge in [-0.1, -0.05) is 19.1 Å². The van der Waals surface area contributed by atoms with Crippen molar-refractivity contribution in [3.05, 3.63) is 59.3 Å². The van der Waals surface area contributed by atoms with Gasteiger partial charge in [-0.3, -0.25) is 4.79 Å². The molecule has 1 aromatic heterocycles. The molecule has 1 aromatic carbocycles. The van der Waals surface area contributed by atoms with Gasteiger partial charge in [0.1, 0.15) is 11.7 Å². The number of alkyl halides is 3. The van der Waals surface area contributed by atoms with Gasteiger partial charge in [0, 0.05) is 31.4 Å². The van der Waals surface area contributed by atoms with Crippen molar-refractivity contribution in [2.24, 2.45) is 5.92 Å². The molecule has 11 heteroatoms. The van der Waals surface area contributed by atoms with Gasteiger partial charge in [-0.2, -0.15) is 13.2 Å². The molecule has 0 fully saturated rings. The maximum absolute atomic E-state index is 13.3. The molecule has 0 bridgehead atoms. The summed E-state index contributed by atoms with van der Waals surface area (Å²) in [4.78, 5) is 33.4. The monoisotopic (exact) mass is 520 g/mol. The van der Waals surface area contributed by atoms with Crippen LogP contribution < -0.4 is 10.1 Å². The number of carbonyl (C=O) groups is 2. The first kappa shape index (κ1) is 28.0. The Morgan fingerprint density at radius 3 is 2.62 bits per heavy atom. The molecule has 0 radical (unpaired) electrons. The number of benzene rings is 1. The summed E-state index contributed by atoms with van der Waals surface area (Å²) in [5, 5.41) is 12.3. The van der Waals surface area contributed by atoms with E-state index < -0.39 is 29.9 Å². The van der Waals surface area contributed by atoms with Gasteiger partial charge < -0.3 is 25.0 Å². The third kappa shape index (κ3) is 6.79. The maximum Gasteiger partial charge on any atom is 0.416 e. The first-order chi connectivity index (χ1) is 17.4. The van der Waals surface area contributed by atoms with Crippen LogP contribution in [0.1, 0.15) is 42.3 Å². The Balaban J connectivity index is 1.81. The van der Waals surface area contributed by atoms with E-state index in [2.05, 4.69) is 10.3 Å². The molecule has 0 aliphatic carbocycles. The van der Waals surface area contributed by atoms with E-state index in [0.717, 1.165) is 12.1 Å². The SMILES string of the molecule is C/C=C/c1cnc2c(c1)C(=O)N([C@@H](C)CO)C[C@@H](C)[C@H](CN(C)C(=O)Nc1ccc(C(F)(F)F)cc1)O2. The number of anilines is 1. The number of urea groups is 1. The number of amides is 3. The van der Waals surface area contributed by atoms with E-state index in [-0.39, 0.29) is 48.7 Å². The molecule has 0 unspecified atom stereocenters. The van der Waals surface area contributed by atoms with Crippen molar-refractivity contribution in [1.29, 1.82) is 0 Å².